The zero-order chi connectivity index (χ0) is 20.4. The van der Waals surface area contributed by atoms with Gasteiger partial charge in [-0.1, -0.05) is 23.2 Å². The smallest absolute Gasteiger partial charge is 0.278 e. The SMILES string of the molecule is COCCC[NH3+].O=C([O-])c1cc(Oc2ccc(Cl)cc2Cl)ccc1[N+](=O)[O-]. The Bertz CT molecular complexity index is 797. The highest BCUT2D eigenvalue weighted by Crippen LogP contribution is 2.33. The lowest BCUT2D eigenvalue weighted by molar-refractivity contribution is -0.385. The summed E-state index contributed by atoms with van der Waals surface area (Å²) in [7, 11) is 1.70. The van der Waals surface area contributed by atoms with E-state index in [0.717, 1.165) is 31.7 Å². The first-order valence-electron chi connectivity index (χ1n) is 7.71. The molecule has 146 valence electrons. The molecular formula is C17H18Cl2N2O6. The third-order valence-corrected chi connectivity index (χ3v) is 3.64. The van der Waals surface area contributed by atoms with E-state index in [1.54, 1.807) is 7.11 Å². The van der Waals surface area contributed by atoms with Crippen LogP contribution < -0.4 is 15.6 Å². The average Bonchev–Trinajstić information content (AvgIpc) is 2.62. The first-order chi connectivity index (χ1) is 12.8. The molecule has 8 nitrogen and oxygen atoms in total. The molecule has 2 rings (SSSR count). The number of nitro groups is 1. The van der Waals surface area contributed by atoms with Gasteiger partial charge in [-0.15, -0.1) is 0 Å². The summed E-state index contributed by atoms with van der Waals surface area (Å²) in [5.41, 5.74) is 2.48. The highest BCUT2D eigenvalue weighted by molar-refractivity contribution is 6.35. The van der Waals surface area contributed by atoms with Crippen LogP contribution in [-0.4, -0.2) is 31.2 Å². The average molecular weight is 417 g/mol. The van der Waals surface area contributed by atoms with E-state index in [1.807, 2.05) is 0 Å². The molecule has 10 heteroatoms. The Morgan fingerprint density at radius 2 is 1.93 bits per heavy atom. The molecule has 0 fully saturated rings. The van der Waals surface area contributed by atoms with Crippen molar-refractivity contribution in [3.63, 3.8) is 0 Å². The number of hydrogen-bond acceptors (Lipinski definition) is 6. The van der Waals surface area contributed by atoms with Crippen molar-refractivity contribution in [2.24, 2.45) is 0 Å². The molecule has 0 spiro atoms. The van der Waals surface area contributed by atoms with Crippen LogP contribution in [-0.2, 0) is 4.74 Å². The lowest BCUT2D eigenvalue weighted by atomic mass is 10.1. The van der Waals surface area contributed by atoms with E-state index in [2.05, 4.69) is 5.73 Å². The van der Waals surface area contributed by atoms with Gasteiger partial charge in [-0.25, -0.2) is 0 Å². The summed E-state index contributed by atoms with van der Waals surface area (Å²) in [5, 5.41) is 22.3. The van der Waals surface area contributed by atoms with Gasteiger partial charge in [0.05, 0.1) is 34.6 Å². The summed E-state index contributed by atoms with van der Waals surface area (Å²) in [4.78, 5) is 20.8. The second kappa shape index (κ2) is 11.3. The van der Waals surface area contributed by atoms with Crippen LogP contribution in [0.2, 0.25) is 10.0 Å². The van der Waals surface area contributed by atoms with Gasteiger partial charge < -0.3 is 25.1 Å². The number of carboxylic acid groups (broad SMARTS) is 1. The van der Waals surface area contributed by atoms with Crippen molar-refractivity contribution in [2.75, 3.05) is 20.3 Å². The second-order valence-corrected chi connectivity index (χ2v) is 5.94. The van der Waals surface area contributed by atoms with Gasteiger partial charge in [0.15, 0.2) is 0 Å². The van der Waals surface area contributed by atoms with Gasteiger partial charge in [0.25, 0.3) is 5.69 Å². The fourth-order valence-electron chi connectivity index (χ4n) is 1.83. The molecule has 0 aromatic heterocycles. The van der Waals surface area contributed by atoms with Gasteiger partial charge in [0.2, 0.25) is 0 Å². The third kappa shape index (κ3) is 7.40. The molecule has 0 amide bonds. The molecule has 0 saturated heterocycles. The number of nitro benzene ring substituents is 1. The number of hydrogen-bond donors (Lipinski definition) is 1. The predicted octanol–water partition coefficient (Wildman–Crippen LogP) is 2.32. The zero-order valence-electron chi connectivity index (χ0n) is 14.4. The molecular weight excluding hydrogens is 399 g/mol. The number of carbonyl (C=O) groups is 1. The zero-order valence-corrected chi connectivity index (χ0v) is 16.0. The fraction of sp³-hybridized carbons (Fsp3) is 0.235. The van der Waals surface area contributed by atoms with Crippen molar-refractivity contribution >= 4 is 34.9 Å². The van der Waals surface area contributed by atoms with Crippen molar-refractivity contribution < 1.29 is 30.0 Å². The molecule has 27 heavy (non-hydrogen) atoms. The van der Waals surface area contributed by atoms with E-state index in [0.29, 0.717) is 5.02 Å². The summed E-state index contributed by atoms with van der Waals surface area (Å²) in [5.74, 6) is -1.36. The summed E-state index contributed by atoms with van der Waals surface area (Å²) in [6, 6.07) is 7.75. The number of carbonyl (C=O) groups excluding carboxylic acids is 1. The second-order valence-electron chi connectivity index (χ2n) is 5.10. The minimum Gasteiger partial charge on any atom is -0.545 e. The monoisotopic (exact) mass is 416 g/mol. The number of methoxy groups -OCH3 is 1. The predicted molar refractivity (Wildman–Crippen MR) is 98.2 cm³/mol. The Kier molecular flexibility index (Phi) is 9.52. The highest BCUT2D eigenvalue weighted by atomic mass is 35.5. The van der Waals surface area contributed by atoms with Crippen molar-refractivity contribution in [1.29, 1.82) is 0 Å². The first kappa shape index (κ1) is 22.7. The minimum atomic E-state index is -1.67. The van der Waals surface area contributed by atoms with Crippen LogP contribution in [0.3, 0.4) is 0 Å². The molecule has 0 aliphatic carbocycles. The number of halogens is 2. The fourth-order valence-corrected chi connectivity index (χ4v) is 2.28. The van der Waals surface area contributed by atoms with E-state index < -0.39 is 22.1 Å². The largest absolute Gasteiger partial charge is 0.545 e. The van der Waals surface area contributed by atoms with Crippen LogP contribution in [0.25, 0.3) is 0 Å². The summed E-state index contributed by atoms with van der Waals surface area (Å²) >= 11 is 11.7. The maximum absolute atomic E-state index is 10.9. The number of ether oxygens (including phenoxy) is 2. The third-order valence-electron chi connectivity index (χ3n) is 3.10. The molecule has 2 aromatic carbocycles. The molecule has 0 heterocycles. The standard InChI is InChI=1S/C13H7Cl2NO5.C4H11NO/c14-7-1-4-12(10(15)5-7)21-8-2-3-11(16(19)20)9(6-8)13(17)18;1-6-4-2-3-5/h1-6H,(H,17,18);2-5H2,1H3. The van der Waals surface area contributed by atoms with E-state index in [9.17, 15) is 20.0 Å². The quantitative estimate of drug-likeness (QED) is 0.418. The topological polar surface area (TPSA) is 129 Å². The summed E-state index contributed by atoms with van der Waals surface area (Å²) < 4.78 is 10.1. The lowest BCUT2D eigenvalue weighted by Gasteiger charge is -2.10. The number of quaternary nitrogens is 1. The Labute approximate surface area is 165 Å². The summed E-state index contributed by atoms with van der Waals surface area (Å²) in [6.45, 7) is 1.83. The van der Waals surface area contributed by atoms with Gasteiger partial charge in [0, 0.05) is 24.6 Å². The molecule has 0 aliphatic heterocycles. The normalized spacial score (nSPS) is 9.93. The van der Waals surface area contributed by atoms with Crippen LogP contribution in [0.1, 0.15) is 16.8 Å². The number of rotatable bonds is 7. The molecule has 0 unspecified atom stereocenters. The van der Waals surface area contributed by atoms with Crippen molar-refractivity contribution in [1.82, 2.24) is 0 Å². The Balaban J connectivity index is 0.000000527. The molecule has 0 aliphatic rings. The number of aromatic carboxylic acids is 1. The van der Waals surface area contributed by atoms with Gasteiger partial charge in [0.1, 0.15) is 11.5 Å². The van der Waals surface area contributed by atoms with Crippen LogP contribution in [0.5, 0.6) is 11.5 Å². The van der Waals surface area contributed by atoms with Crippen molar-refractivity contribution in [3.05, 3.63) is 62.1 Å². The van der Waals surface area contributed by atoms with Crippen molar-refractivity contribution in [3.8, 4) is 11.5 Å². The van der Waals surface area contributed by atoms with Gasteiger partial charge in [-0.2, -0.15) is 0 Å². The molecule has 0 saturated carbocycles. The summed E-state index contributed by atoms with van der Waals surface area (Å²) in [6.07, 6.45) is 1.08. The first-order valence-corrected chi connectivity index (χ1v) is 8.46. The molecule has 0 radical (unpaired) electrons. The molecule has 0 bridgehead atoms. The van der Waals surface area contributed by atoms with Crippen LogP contribution in [0, 0.1) is 10.1 Å². The van der Waals surface area contributed by atoms with E-state index >= 15 is 0 Å². The van der Waals surface area contributed by atoms with Gasteiger partial charge >= 0.3 is 0 Å². The van der Waals surface area contributed by atoms with Gasteiger partial charge in [-0.3, -0.25) is 10.1 Å². The molecule has 3 N–H and O–H groups in total. The molecule has 2 aromatic rings. The number of benzene rings is 2. The molecule has 0 atom stereocenters. The Morgan fingerprint density at radius 1 is 1.22 bits per heavy atom. The minimum absolute atomic E-state index is 0.0732. The maximum atomic E-state index is 10.9. The number of nitrogens with zero attached hydrogens (tertiary/aromatic N) is 1. The van der Waals surface area contributed by atoms with Crippen LogP contribution >= 0.6 is 23.2 Å². The van der Waals surface area contributed by atoms with Gasteiger partial charge in [-0.05, 0) is 30.3 Å². The highest BCUT2D eigenvalue weighted by Gasteiger charge is 2.16. The lowest BCUT2D eigenvalue weighted by Crippen LogP contribution is -2.50. The maximum Gasteiger partial charge on any atom is 0.278 e. The van der Waals surface area contributed by atoms with E-state index in [4.69, 9.17) is 32.7 Å². The van der Waals surface area contributed by atoms with Crippen LogP contribution in [0.4, 0.5) is 5.69 Å². The van der Waals surface area contributed by atoms with E-state index in [-0.39, 0.29) is 16.5 Å². The Morgan fingerprint density at radius 3 is 2.41 bits per heavy atom. The van der Waals surface area contributed by atoms with Crippen LogP contribution in [0.15, 0.2) is 36.4 Å². The van der Waals surface area contributed by atoms with E-state index in [1.165, 1.54) is 24.3 Å². The van der Waals surface area contributed by atoms with Crippen molar-refractivity contribution in [2.45, 2.75) is 6.42 Å². The number of carboxylic acids is 1. The Hall–Kier alpha value is -2.39.